The molecule has 0 bridgehead atoms. The number of rotatable bonds is 3. The molecular weight excluding hydrogens is 180 g/mol. The number of nitrogens with two attached hydrogens (primary N) is 1. The second-order valence-electron chi connectivity index (χ2n) is 4.39. The fourth-order valence-electron chi connectivity index (χ4n) is 2.30. The third kappa shape index (κ3) is 2.69. The molecule has 1 rings (SSSR count). The number of aliphatic hydroxyl groups excluding tert-OH is 1. The van der Waals surface area contributed by atoms with Gasteiger partial charge < -0.3 is 16.2 Å². The van der Waals surface area contributed by atoms with Crippen molar-refractivity contribution in [2.75, 3.05) is 13.2 Å². The van der Waals surface area contributed by atoms with Gasteiger partial charge in [0.1, 0.15) is 0 Å². The van der Waals surface area contributed by atoms with Gasteiger partial charge >= 0.3 is 0 Å². The Kier molecular flexibility index (Phi) is 3.89. The zero-order valence-electron chi connectivity index (χ0n) is 8.75. The second-order valence-corrected chi connectivity index (χ2v) is 4.39. The molecule has 0 spiro atoms. The highest BCUT2D eigenvalue weighted by Gasteiger charge is 2.35. The van der Waals surface area contributed by atoms with Gasteiger partial charge in [0, 0.05) is 0 Å². The number of hydrogen-bond donors (Lipinski definition) is 3. The molecule has 82 valence electrons. The summed E-state index contributed by atoms with van der Waals surface area (Å²) in [6.45, 7) is 2.16. The molecule has 2 atom stereocenters. The Hall–Kier alpha value is -0.610. The van der Waals surface area contributed by atoms with E-state index in [1.54, 1.807) is 0 Å². The zero-order valence-corrected chi connectivity index (χ0v) is 8.75. The molecule has 1 aliphatic carbocycles. The minimum Gasteiger partial charge on any atom is -0.394 e. The molecule has 1 amide bonds. The van der Waals surface area contributed by atoms with E-state index in [-0.39, 0.29) is 19.1 Å². The quantitative estimate of drug-likeness (QED) is 0.600. The molecule has 0 aromatic heterocycles. The summed E-state index contributed by atoms with van der Waals surface area (Å²) < 4.78 is 0. The Labute approximate surface area is 84.9 Å². The first kappa shape index (κ1) is 11.5. The standard InChI is InChI=1S/C10H20N2O2/c1-8-3-2-4-10(5-8,7-13)12-9(14)6-11/h8,13H,2-7,11H2,1H3,(H,12,14). The molecule has 4 N–H and O–H groups in total. The maximum atomic E-state index is 11.2. The Morgan fingerprint density at radius 3 is 2.93 bits per heavy atom. The van der Waals surface area contributed by atoms with Crippen molar-refractivity contribution in [3.8, 4) is 0 Å². The number of hydrogen-bond acceptors (Lipinski definition) is 3. The zero-order chi connectivity index (χ0) is 10.6. The summed E-state index contributed by atoms with van der Waals surface area (Å²) in [6, 6.07) is 0. The van der Waals surface area contributed by atoms with Crippen LogP contribution in [-0.4, -0.2) is 29.7 Å². The van der Waals surface area contributed by atoms with E-state index in [4.69, 9.17) is 5.73 Å². The molecule has 0 aliphatic heterocycles. The molecule has 14 heavy (non-hydrogen) atoms. The fraction of sp³-hybridized carbons (Fsp3) is 0.900. The average Bonchev–Trinajstić information content (AvgIpc) is 2.17. The normalized spacial score (nSPS) is 32.6. The molecule has 4 heteroatoms. The molecule has 0 aromatic carbocycles. The van der Waals surface area contributed by atoms with Crippen LogP contribution in [-0.2, 0) is 4.79 Å². The summed E-state index contributed by atoms with van der Waals surface area (Å²) in [6.07, 6.45) is 3.96. The van der Waals surface area contributed by atoms with E-state index in [1.807, 2.05) is 0 Å². The Bertz CT molecular complexity index is 208. The number of carbonyl (C=O) groups is 1. The molecule has 0 heterocycles. The minimum absolute atomic E-state index is 0.00384. The predicted octanol–water partition coefficient (Wildman–Crippen LogP) is 0.00250. The number of nitrogens with one attached hydrogen (secondary N) is 1. The molecule has 0 saturated heterocycles. The van der Waals surface area contributed by atoms with Crippen LogP contribution in [0.25, 0.3) is 0 Å². The third-order valence-electron chi connectivity index (χ3n) is 2.98. The largest absolute Gasteiger partial charge is 0.394 e. The van der Waals surface area contributed by atoms with Crippen LogP contribution >= 0.6 is 0 Å². The van der Waals surface area contributed by atoms with E-state index in [9.17, 15) is 9.90 Å². The summed E-state index contributed by atoms with van der Waals surface area (Å²) in [5.74, 6) is 0.391. The van der Waals surface area contributed by atoms with Crippen LogP contribution in [0.4, 0.5) is 0 Å². The molecule has 2 unspecified atom stereocenters. The summed E-state index contributed by atoms with van der Waals surface area (Å²) in [5.41, 5.74) is 4.84. The van der Waals surface area contributed by atoms with Crippen molar-refractivity contribution < 1.29 is 9.90 Å². The van der Waals surface area contributed by atoms with E-state index in [0.29, 0.717) is 5.92 Å². The van der Waals surface area contributed by atoms with Crippen LogP contribution in [0.2, 0.25) is 0 Å². The Morgan fingerprint density at radius 1 is 1.71 bits per heavy atom. The maximum Gasteiger partial charge on any atom is 0.234 e. The number of carbonyl (C=O) groups excluding carboxylic acids is 1. The molecule has 0 radical (unpaired) electrons. The van der Waals surface area contributed by atoms with Crippen LogP contribution in [0, 0.1) is 5.92 Å². The van der Waals surface area contributed by atoms with Gasteiger partial charge in [-0.1, -0.05) is 19.8 Å². The van der Waals surface area contributed by atoms with Gasteiger partial charge in [0.2, 0.25) is 5.91 Å². The molecule has 1 fully saturated rings. The van der Waals surface area contributed by atoms with E-state index < -0.39 is 5.54 Å². The van der Waals surface area contributed by atoms with Crippen molar-refractivity contribution in [2.45, 2.75) is 38.1 Å². The smallest absolute Gasteiger partial charge is 0.234 e. The number of amides is 1. The van der Waals surface area contributed by atoms with Crippen molar-refractivity contribution in [1.82, 2.24) is 5.32 Å². The van der Waals surface area contributed by atoms with Gasteiger partial charge in [0.25, 0.3) is 0 Å². The highest BCUT2D eigenvalue weighted by Crippen LogP contribution is 2.31. The average molecular weight is 200 g/mol. The van der Waals surface area contributed by atoms with Crippen LogP contribution in [0.3, 0.4) is 0 Å². The lowest BCUT2D eigenvalue weighted by atomic mass is 9.77. The third-order valence-corrected chi connectivity index (χ3v) is 2.98. The topological polar surface area (TPSA) is 75.3 Å². The summed E-state index contributed by atoms with van der Waals surface area (Å²) >= 11 is 0. The van der Waals surface area contributed by atoms with Gasteiger partial charge in [-0.2, -0.15) is 0 Å². The van der Waals surface area contributed by atoms with Gasteiger partial charge in [-0.3, -0.25) is 4.79 Å². The summed E-state index contributed by atoms with van der Waals surface area (Å²) in [4.78, 5) is 11.2. The van der Waals surface area contributed by atoms with Crippen molar-refractivity contribution in [1.29, 1.82) is 0 Å². The highest BCUT2D eigenvalue weighted by molar-refractivity contribution is 5.78. The second kappa shape index (κ2) is 4.75. The summed E-state index contributed by atoms with van der Waals surface area (Å²) in [5, 5.41) is 12.2. The van der Waals surface area contributed by atoms with Crippen molar-refractivity contribution in [2.24, 2.45) is 11.7 Å². The fourth-order valence-corrected chi connectivity index (χ4v) is 2.30. The van der Waals surface area contributed by atoms with Gasteiger partial charge in [-0.05, 0) is 18.8 Å². The van der Waals surface area contributed by atoms with Crippen molar-refractivity contribution in [3.63, 3.8) is 0 Å². The van der Waals surface area contributed by atoms with E-state index >= 15 is 0 Å². The van der Waals surface area contributed by atoms with Gasteiger partial charge in [0.15, 0.2) is 0 Å². The van der Waals surface area contributed by atoms with Crippen LogP contribution in [0.1, 0.15) is 32.6 Å². The minimum atomic E-state index is -0.409. The first-order chi connectivity index (χ1) is 6.62. The lowest BCUT2D eigenvalue weighted by molar-refractivity contribution is -0.123. The molecule has 1 saturated carbocycles. The first-order valence-corrected chi connectivity index (χ1v) is 5.24. The van der Waals surface area contributed by atoms with Crippen LogP contribution in [0.15, 0.2) is 0 Å². The lowest BCUT2D eigenvalue weighted by Crippen LogP contribution is -2.55. The maximum absolute atomic E-state index is 11.2. The monoisotopic (exact) mass is 200 g/mol. The molecule has 1 aliphatic rings. The number of aliphatic hydroxyl groups is 1. The van der Waals surface area contributed by atoms with Gasteiger partial charge in [0.05, 0.1) is 18.7 Å². The lowest BCUT2D eigenvalue weighted by Gasteiger charge is -2.39. The molecule has 4 nitrogen and oxygen atoms in total. The van der Waals surface area contributed by atoms with E-state index in [2.05, 4.69) is 12.2 Å². The Balaban J connectivity index is 2.60. The van der Waals surface area contributed by atoms with Crippen LogP contribution < -0.4 is 11.1 Å². The van der Waals surface area contributed by atoms with E-state index in [1.165, 1.54) is 6.42 Å². The summed E-state index contributed by atoms with van der Waals surface area (Å²) in [7, 11) is 0. The van der Waals surface area contributed by atoms with Gasteiger partial charge in [-0.25, -0.2) is 0 Å². The van der Waals surface area contributed by atoms with E-state index in [0.717, 1.165) is 19.3 Å². The highest BCUT2D eigenvalue weighted by atomic mass is 16.3. The van der Waals surface area contributed by atoms with Crippen molar-refractivity contribution >= 4 is 5.91 Å². The van der Waals surface area contributed by atoms with Crippen LogP contribution in [0.5, 0.6) is 0 Å². The molecular formula is C10H20N2O2. The Morgan fingerprint density at radius 2 is 2.43 bits per heavy atom. The molecule has 0 aromatic rings. The predicted molar refractivity (Wildman–Crippen MR) is 54.6 cm³/mol. The first-order valence-electron chi connectivity index (χ1n) is 5.24. The van der Waals surface area contributed by atoms with Gasteiger partial charge in [-0.15, -0.1) is 0 Å². The SMILES string of the molecule is CC1CCCC(CO)(NC(=O)CN)C1. The van der Waals surface area contributed by atoms with Crippen molar-refractivity contribution in [3.05, 3.63) is 0 Å².